The van der Waals surface area contributed by atoms with Crippen molar-refractivity contribution in [3.8, 4) is 5.69 Å². The third-order valence-electron chi connectivity index (χ3n) is 4.50. The second-order valence-corrected chi connectivity index (χ2v) is 7.33. The van der Waals surface area contributed by atoms with Crippen molar-refractivity contribution in [2.24, 2.45) is 0 Å². The summed E-state index contributed by atoms with van der Waals surface area (Å²) in [5.74, 6) is -0.522. The summed E-state index contributed by atoms with van der Waals surface area (Å²) >= 11 is 1.16. The zero-order chi connectivity index (χ0) is 21.1. The molecule has 0 saturated heterocycles. The Morgan fingerprint density at radius 2 is 1.90 bits per heavy atom. The number of esters is 1. The Morgan fingerprint density at radius 3 is 2.60 bits per heavy atom. The van der Waals surface area contributed by atoms with Crippen LogP contribution in [0.4, 0.5) is 0 Å². The monoisotopic (exact) mass is 419 g/mol. The van der Waals surface area contributed by atoms with Crippen molar-refractivity contribution in [3.63, 3.8) is 0 Å². The minimum atomic E-state index is -0.512. The lowest BCUT2D eigenvalue weighted by Crippen LogP contribution is -2.22. The zero-order valence-electron chi connectivity index (χ0n) is 16.0. The largest absolute Gasteiger partial charge is 0.465 e. The van der Waals surface area contributed by atoms with Crippen molar-refractivity contribution in [2.75, 3.05) is 12.9 Å². The van der Waals surface area contributed by atoms with Gasteiger partial charge in [0.2, 0.25) is 0 Å². The number of para-hydroxylation sites is 1. The number of hydrogen-bond acceptors (Lipinski definition) is 6. The van der Waals surface area contributed by atoms with Crippen molar-refractivity contribution < 1.29 is 14.3 Å². The fourth-order valence-electron chi connectivity index (χ4n) is 3.02. The van der Waals surface area contributed by atoms with E-state index in [1.807, 2.05) is 18.2 Å². The van der Waals surface area contributed by atoms with Gasteiger partial charge in [0.15, 0.2) is 10.9 Å². The molecule has 1 N–H and O–H groups in total. The van der Waals surface area contributed by atoms with E-state index in [0.29, 0.717) is 33.0 Å². The molecule has 0 aliphatic rings. The van der Waals surface area contributed by atoms with E-state index in [4.69, 9.17) is 4.74 Å². The Kier molecular flexibility index (Phi) is 5.49. The molecule has 2 aromatic carbocycles. The number of benzene rings is 2. The Labute approximate surface area is 175 Å². The summed E-state index contributed by atoms with van der Waals surface area (Å²) in [6, 6.07) is 17.2. The number of ether oxygens (including phenoxy) is 1. The summed E-state index contributed by atoms with van der Waals surface area (Å²) in [7, 11) is 1.29. The fourth-order valence-corrected chi connectivity index (χ4v) is 3.92. The van der Waals surface area contributed by atoms with Gasteiger partial charge in [-0.05, 0) is 42.5 Å². The van der Waals surface area contributed by atoms with Crippen LogP contribution in [0.25, 0.3) is 16.6 Å². The number of nitrogens with zero attached hydrogens (tertiary/aromatic N) is 2. The van der Waals surface area contributed by atoms with E-state index < -0.39 is 5.97 Å². The van der Waals surface area contributed by atoms with E-state index in [1.54, 1.807) is 36.5 Å². The third kappa shape index (κ3) is 3.77. The summed E-state index contributed by atoms with van der Waals surface area (Å²) in [5.41, 5.74) is 1.52. The van der Waals surface area contributed by atoms with Gasteiger partial charge >= 0.3 is 5.97 Å². The van der Waals surface area contributed by atoms with Gasteiger partial charge in [-0.2, -0.15) is 0 Å². The van der Waals surface area contributed by atoms with Crippen molar-refractivity contribution in [2.45, 2.75) is 5.16 Å². The standard InChI is InChI=1S/C22H17N3O4S/c1-29-21(28)14-9-10-16-18(12-14)24-22(30-13-19(26)17-8-5-11-23-17)25(20(16)27)15-6-3-2-4-7-15/h2-12,23H,13H2,1H3. The minimum Gasteiger partial charge on any atom is -0.465 e. The van der Waals surface area contributed by atoms with Crippen LogP contribution in [0.15, 0.2) is 76.8 Å². The van der Waals surface area contributed by atoms with Gasteiger partial charge < -0.3 is 9.72 Å². The molecule has 2 aromatic heterocycles. The average molecular weight is 419 g/mol. The van der Waals surface area contributed by atoms with E-state index in [-0.39, 0.29) is 17.1 Å². The number of hydrogen-bond donors (Lipinski definition) is 1. The second kappa shape index (κ2) is 8.38. The molecule has 0 spiro atoms. The number of carbonyl (C=O) groups excluding carboxylic acids is 2. The van der Waals surface area contributed by atoms with Crippen molar-refractivity contribution in [1.29, 1.82) is 0 Å². The molecule has 0 aliphatic carbocycles. The van der Waals surface area contributed by atoms with Gasteiger partial charge in [0.1, 0.15) is 0 Å². The molecule has 0 aliphatic heterocycles. The number of methoxy groups -OCH3 is 1. The Bertz CT molecular complexity index is 1280. The first-order valence-electron chi connectivity index (χ1n) is 9.08. The first-order chi connectivity index (χ1) is 14.6. The van der Waals surface area contributed by atoms with E-state index in [0.717, 1.165) is 11.8 Å². The molecule has 0 radical (unpaired) electrons. The number of rotatable bonds is 6. The number of thioether (sulfide) groups is 1. The van der Waals surface area contributed by atoms with Gasteiger partial charge in [0.25, 0.3) is 5.56 Å². The number of fused-ring (bicyclic) bond motifs is 1. The van der Waals surface area contributed by atoms with E-state index >= 15 is 0 Å². The maximum Gasteiger partial charge on any atom is 0.337 e. The van der Waals surface area contributed by atoms with Crippen LogP contribution in [-0.4, -0.2) is 39.2 Å². The second-order valence-electron chi connectivity index (χ2n) is 6.39. The summed E-state index contributed by atoms with van der Waals surface area (Å²) in [5, 5.41) is 0.729. The first kappa shape index (κ1) is 19.7. The van der Waals surface area contributed by atoms with Crippen molar-refractivity contribution in [3.05, 3.63) is 88.5 Å². The molecule has 0 fully saturated rings. The lowest BCUT2D eigenvalue weighted by molar-refractivity contribution is 0.0600. The minimum absolute atomic E-state index is 0.0992. The lowest BCUT2D eigenvalue weighted by atomic mass is 10.1. The molecule has 0 saturated carbocycles. The Balaban J connectivity index is 1.82. The van der Waals surface area contributed by atoms with Gasteiger partial charge in [-0.3, -0.25) is 14.2 Å². The normalized spacial score (nSPS) is 10.8. The highest BCUT2D eigenvalue weighted by atomic mass is 32.2. The van der Waals surface area contributed by atoms with E-state index in [2.05, 4.69) is 9.97 Å². The van der Waals surface area contributed by atoms with Gasteiger partial charge in [-0.25, -0.2) is 9.78 Å². The number of Topliss-reactive ketones (excluding diaryl/α,β-unsaturated/α-hetero) is 1. The highest BCUT2D eigenvalue weighted by Gasteiger charge is 2.17. The molecular formula is C22H17N3O4S. The van der Waals surface area contributed by atoms with E-state index in [9.17, 15) is 14.4 Å². The molecule has 0 amide bonds. The Hall–Kier alpha value is -3.65. The molecule has 0 atom stereocenters. The van der Waals surface area contributed by atoms with Gasteiger partial charge in [0, 0.05) is 6.20 Å². The number of nitrogens with one attached hydrogen (secondary N) is 1. The number of carbonyl (C=O) groups is 2. The van der Waals surface area contributed by atoms with Crippen LogP contribution in [0.2, 0.25) is 0 Å². The number of ketones is 1. The van der Waals surface area contributed by atoms with E-state index in [1.165, 1.54) is 23.8 Å². The smallest absolute Gasteiger partial charge is 0.337 e. The van der Waals surface area contributed by atoms with Gasteiger partial charge in [-0.1, -0.05) is 30.0 Å². The van der Waals surface area contributed by atoms with Gasteiger partial charge in [-0.15, -0.1) is 0 Å². The highest BCUT2D eigenvalue weighted by Crippen LogP contribution is 2.23. The van der Waals surface area contributed by atoms with Gasteiger partial charge in [0.05, 0.1) is 40.7 Å². The third-order valence-corrected chi connectivity index (χ3v) is 5.44. The van der Waals surface area contributed by atoms with Crippen LogP contribution in [0.1, 0.15) is 20.8 Å². The maximum absolute atomic E-state index is 13.3. The summed E-state index contributed by atoms with van der Waals surface area (Å²) < 4.78 is 6.23. The molecule has 150 valence electrons. The quantitative estimate of drug-likeness (QED) is 0.223. The molecule has 0 bridgehead atoms. The average Bonchev–Trinajstić information content (AvgIpc) is 3.32. The topological polar surface area (TPSA) is 94.0 Å². The molecule has 8 heteroatoms. The SMILES string of the molecule is COC(=O)c1ccc2c(=O)n(-c3ccccc3)c(SCC(=O)c3ccc[nH]3)nc2c1. The summed E-state index contributed by atoms with van der Waals surface area (Å²) in [6.45, 7) is 0. The number of aromatic nitrogens is 3. The Morgan fingerprint density at radius 1 is 1.10 bits per heavy atom. The van der Waals surface area contributed by atoms with Crippen LogP contribution in [0, 0.1) is 0 Å². The number of aromatic amines is 1. The van der Waals surface area contributed by atoms with Crippen LogP contribution >= 0.6 is 11.8 Å². The molecule has 0 unspecified atom stereocenters. The predicted molar refractivity (Wildman–Crippen MR) is 115 cm³/mol. The van der Waals surface area contributed by atoms with Crippen molar-refractivity contribution >= 4 is 34.4 Å². The predicted octanol–water partition coefficient (Wildman–Crippen LogP) is 3.48. The zero-order valence-corrected chi connectivity index (χ0v) is 16.8. The summed E-state index contributed by atoms with van der Waals surface area (Å²) in [4.78, 5) is 45.1. The molecule has 30 heavy (non-hydrogen) atoms. The van der Waals surface area contributed by atoms with Crippen LogP contribution in [-0.2, 0) is 4.74 Å². The molecular weight excluding hydrogens is 402 g/mol. The fraction of sp³-hybridized carbons (Fsp3) is 0.0909. The number of H-pyrrole nitrogens is 1. The summed E-state index contributed by atoms with van der Waals surface area (Å²) in [6.07, 6.45) is 1.68. The molecule has 7 nitrogen and oxygen atoms in total. The maximum atomic E-state index is 13.3. The molecule has 4 rings (SSSR count). The van der Waals surface area contributed by atoms with Crippen LogP contribution in [0.3, 0.4) is 0 Å². The van der Waals surface area contributed by atoms with Crippen LogP contribution < -0.4 is 5.56 Å². The lowest BCUT2D eigenvalue weighted by Gasteiger charge is -2.13. The van der Waals surface area contributed by atoms with Crippen LogP contribution in [0.5, 0.6) is 0 Å². The first-order valence-corrected chi connectivity index (χ1v) is 10.1. The molecule has 4 aromatic rings. The molecule has 2 heterocycles. The van der Waals surface area contributed by atoms with Crippen molar-refractivity contribution in [1.82, 2.24) is 14.5 Å². The highest BCUT2D eigenvalue weighted by molar-refractivity contribution is 7.99.